The summed E-state index contributed by atoms with van der Waals surface area (Å²) in [6.45, 7) is 0.265. The van der Waals surface area contributed by atoms with Crippen LogP contribution in [0, 0.1) is 5.92 Å². The molecule has 1 saturated heterocycles. The van der Waals surface area contributed by atoms with Crippen molar-refractivity contribution < 1.29 is 23.1 Å². The second-order valence-electron chi connectivity index (χ2n) is 4.76. The van der Waals surface area contributed by atoms with E-state index in [-0.39, 0.29) is 36.3 Å². The van der Waals surface area contributed by atoms with E-state index in [1.807, 2.05) is 0 Å². The van der Waals surface area contributed by atoms with Crippen molar-refractivity contribution >= 4 is 21.6 Å². The number of sulfonamides is 1. The van der Waals surface area contributed by atoms with Gasteiger partial charge in [0.1, 0.15) is 0 Å². The smallest absolute Gasteiger partial charge is 0.227 e. The maximum Gasteiger partial charge on any atom is 0.227 e. The largest absolute Gasteiger partial charge is 0.504 e. The molecule has 1 amide bonds. The third-order valence-corrected chi connectivity index (χ3v) is 4.08. The number of amides is 1. The van der Waals surface area contributed by atoms with Gasteiger partial charge in [0.2, 0.25) is 15.9 Å². The van der Waals surface area contributed by atoms with Crippen molar-refractivity contribution in [1.29, 1.82) is 0 Å². The lowest BCUT2D eigenvalue weighted by Gasteiger charge is -2.17. The summed E-state index contributed by atoms with van der Waals surface area (Å²) in [5.41, 5.74) is 0.505. The van der Waals surface area contributed by atoms with Crippen LogP contribution in [0.15, 0.2) is 18.2 Å². The van der Waals surface area contributed by atoms with Gasteiger partial charge in [-0.25, -0.2) is 13.6 Å². The Bertz CT molecular complexity index is 629. The Morgan fingerprint density at radius 1 is 1.50 bits per heavy atom. The van der Waals surface area contributed by atoms with Gasteiger partial charge in [0.25, 0.3) is 0 Å². The molecule has 1 aliphatic rings. The van der Waals surface area contributed by atoms with Gasteiger partial charge in [-0.1, -0.05) is 0 Å². The van der Waals surface area contributed by atoms with Gasteiger partial charge in [0.05, 0.1) is 12.9 Å². The highest BCUT2D eigenvalue weighted by atomic mass is 32.2. The summed E-state index contributed by atoms with van der Waals surface area (Å²) >= 11 is 0. The molecule has 1 aromatic carbocycles. The first-order valence-corrected chi connectivity index (χ1v) is 7.69. The van der Waals surface area contributed by atoms with E-state index in [1.165, 1.54) is 18.1 Å². The molecule has 1 heterocycles. The molecule has 1 unspecified atom stereocenters. The highest BCUT2D eigenvalue weighted by Gasteiger charge is 2.33. The number of rotatable bonds is 4. The number of hydrogen-bond donors (Lipinski definition) is 2. The summed E-state index contributed by atoms with van der Waals surface area (Å²) in [6.07, 6.45) is 0.128. The van der Waals surface area contributed by atoms with E-state index in [0.29, 0.717) is 11.4 Å². The van der Waals surface area contributed by atoms with Gasteiger partial charge in [-0.05, 0) is 12.1 Å². The third-order valence-electron chi connectivity index (χ3n) is 3.15. The second-order valence-corrected chi connectivity index (χ2v) is 6.42. The van der Waals surface area contributed by atoms with E-state index in [1.54, 1.807) is 12.1 Å². The minimum absolute atomic E-state index is 0.0762. The van der Waals surface area contributed by atoms with Crippen molar-refractivity contribution in [3.8, 4) is 11.5 Å². The Morgan fingerprint density at radius 2 is 2.20 bits per heavy atom. The zero-order chi connectivity index (χ0) is 14.9. The molecule has 8 heteroatoms. The molecule has 1 aliphatic heterocycles. The summed E-state index contributed by atoms with van der Waals surface area (Å²) in [6, 6.07) is 4.59. The van der Waals surface area contributed by atoms with Crippen LogP contribution in [0.25, 0.3) is 0 Å². The molecule has 1 atom stereocenters. The number of primary sulfonamides is 1. The lowest BCUT2D eigenvalue weighted by atomic mass is 10.1. The molecule has 20 heavy (non-hydrogen) atoms. The summed E-state index contributed by atoms with van der Waals surface area (Å²) in [7, 11) is -2.18. The zero-order valence-corrected chi connectivity index (χ0v) is 11.8. The lowest BCUT2D eigenvalue weighted by molar-refractivity contribution is -0.117. The Balaban J connectivity index is 2.18. The molecular formula is C12H16N2O5S. The van der Waals surface area contributed by atoms with E-state index < -0.39 is 10.0 Å². The molecular weight excluding hydrogens is 284 g/mol. The van der Waals surface area contributed by atoms with Gasteiger partial charge < -0.3 is 14.7 Å². The molecule has 0 saturated carbocycles. The molecule has 2 rings (SSSR count). The van der Waals surface area contributed by atoms with Crippen LogP contribution in [-0.2, 0) is 14.8 Å². The van der Waals surface area contributed by atoms with Crippen molar-refractivity contribution in [2.45, 2.75) is 6.42 Å². The van der Waals surface area contributed by atoms with Gasteiger partial charge in [0, 0.05) is 30.6 Å². The van der Waals surface area contributed by atoms with Crippen molar-refractivity contribution in [3.63, 3.8) is 0 Å². The first kappa shape index (κ1) is 14.6. The number of anilines is 1. The van der Waals surface area contributed by atoms with Gasteiger partial charge >= 0.3 is 0 Å². The van der Waals surface area contributed by atoms with Crippen LogP contribution in [0.3, 0.4) is 0 Å². The van der Waals surface area contributed by atoms with E-state index in [4.69, 9.17) is 9.88 Å². The van der Waals surface area contributed by atoms with Gasteiger partial charge in [0.15, 0.2) is 11.5 Å². The molecule has 0 bridgehead atoms. The fraction of sp³-hybridized carbons (Fsp3) is 0.417. The van der Waals surface area contributed by atoms with Gasteiger partial charge in [-0.2, -0.15) is 0 Å². The molecule has 7 nitrogen and oxygen atoms in total. The number of hydrogen-bond acceptors (Lipinski definition) is 5. The SMILES string of the molecule is COc1ccc(N2CC(CS(N)(=O)=O)CC2=O)cc1O. The van der Waals surface area contributed by atoms with Crippen molar-refractivity contribution in [1.82, 2.24) is 0 Å². The van der Waals surface area contributed by atoms with E-state index in [9.17, 15) is 18.3 Å². The van der Waals surface area contributed by atoms with Crippen LogP contribution in [0.4, 0.5) is 5.69 Å². The monoisotopic (exact) mass is 300 g/mol. The number of aromatic hydroxyl groups is 1. The standard InChI is InChI=1S/C12H16N2O5S/c1-19-11-3-2-9(5-10(11)15)14-6-8(4-12(14)16)7-20(13,17)18/h2-3,5,8,15H,4,6-7H2,1H3,(H2,13,17,18). The van der Waals surface area contributed by atoms with Crippen LogP contribution in [0.5, 0.6) is 11.5 Å². The van der Waals surface area contributed by atoms with Crippen LogP contribution in [-0.4, -0.2) is 38.8 Å². The number of ether oxygens (including phenoxy) is 1. The Labute approximate surface area is 117 Å². The number of benzene rings is 1. The number of phenols is 1. The summed E-state index contributed by atoms with van der Waals surface area (Å²) in [5, 5.41) is 14.7. The predicted molar refractivity (Wildman–Crippen MR) is 73.1 cm³/mol. The highest BCUT2D eigenvalue weighted by molar-refractivity contribution is 7.89. The fourth-order valence-electron chi connectivity index (χ4n) is 2.32. The van der Waals surface area contributed by atoms with Crippen molar-refractivity contribution in [3.05, 3.63) is 18.2 Å². The van der Waals surface area contributed by atoms with Crippen molar-refractivity contribution in [2.24, 2.45) is 11.1 Å². The Hall–Kier alpha value is -1.80. The highest BCUT2D eigenvalue weighted by Crippen LogP contribution is 2.33. The molecule has 110 valence electrons. The Morgan fingerprint density at radius 3 is 2.75 bits per heavy atom. The van der Waals surface area contributed by atoms with Crippen molar-refractivity contribution in [2.75, 3.05) is 24.3 Å². The quantitative estimate of drug-likeness (QED) is 0.816. The molecule has 1 fully saturated rings. The second kappa shape index (κ2) is 5.29. The number of carbonyl (C=O) groups is 1. The molecule has 0 aromatic heterocycles. The summed E-state index contributed by atoms with van der Waals surface area (Å²) in [4.78, 5) is 13.4. The van der Waals surface area contributed by atoms with Crippen LogP contribution >= 0.6 is 0 Å². The first-order valence-electron chi connectivity index (χ1n) is 5.98. The maximum absolute atomic E-state index is 11.9. The van der Waals surface area contributed by atoms with Crippen LogP contribution in [0.2, 0.25) is 0 Å². The molecule has 0 spiro atoms. The average molecular weight is 300 g/mol. The van der Waals surface area contributed by atoms with E-state index in [0.717, 1.165) is 0 Å². The predicted octanol–water partition coefficient (Wildman–Crippen LogP) is 0.0422. The lowest BCUT2D eigenvalue weighted by Crippen LogP contribution is -2.27. The number of methoxy groups -OCH3 is 1. The van der Waals surface area contributed by atoms with Crippen LogP contribution in [0.1, 0.15) is 6.42 Å². The summed E-state index contributed by atoms with van der Waals surface area (Å²) in [5.74, 6) is -0.517. The van der Waals surface area contributed by atoms with E-state index in [2.05, 4.69) is 0 Å². The fourth-order valence-corrected chi connectivity index (χ4v) is 3.20. The molecule has 3 N–H and O–H groups in total. The third kappa shape index (κ3) is 3.20. The topological polar surface area (TPSA) is 110 Å². The molecule has 1 aromatic rings. The normalized spacial score (nSPS) is 19.4. The zero-order valence-electron chi connectivity index (χ0n) is 10.9. The molecule has 0 radical (unpaired) electrons. The summed E-state index contributed by atoms with van der Waals surface area (Å²) < 4.78 is 27.1. The Kier molecular flexibility index (Phi) is 3.87. The number of phenolic OH excluding ortho intramolecular Hbond substituents is 1. The minimum Gasteiger partial charge on any atom is -0.504 e. The minimum atomic E-state index is -3.60. The maximum atomic E-state index is 11.9. The van der Waals surface area contributed by atoms with E-state index >= 15 is 0 Å². The average Bonchev–Trinajstić information content (AvgIpc) is 2.67. The number of carbonyl (C=O) groups excluding carboxylic acids is 1. The number of nitrogens with two attached hydrogens (primary N) is 1. The molecule has 0 aliphatic carbocycles. The van der Waals surface area contributed by atoms with Gasteiger partial charge in [-0.15, -0.1) is 0 Å². The van der Waals surface area contributed by atoms with Crippen LogP contribution < -0.4 is 14.8 Å². The van der Waals surface area contributed by atoms with Gasteiger partial charge in [-0.3, -0.25) is 4.79 Å². The first-order chi connectivity index (χ1) is 9.30. The number of nitrogens with zero attached hydrogens (tertiary/aromatic N) is 1.